The van der Waals surface area contributed by atoms with E-state index in [4.69, 9.17) is 0 Å². The van der Waals surface area contributed by atoms with Crippen molar-refractivity contribution in [3.8, 4) is 0 Å². The van der Waals surface area contributed by atoms with Crippen LogP contribution in [0.25, 0.3) is 0 Å². The zero-order valence-electron chi connectivity index (χ0n) is 9.94. The molecule has 86 valence electrons. The topological polar surface area (TPSA) is 42.9 Å². The Morgan fingerprint density at radius 2 is 2.00 bits per heavy atom. The van der Waals surface area contributed by atoms with Crippen LogP contribution in [0.15, 0.2) is 18.6 Å². The number of carbonyl (C=O) groups excluding carboxylic acids is 1. The second-order valence-corrected chi connectivity index (χ2v) is 5.39. The van der Waals surface area contributed by atoms with Gasteiger partial charge >= 0.3 is 0 Å². The highest BCUT2D eigenvalue weighted by molar-refractivity contribution is 5.95. The summed E-state index contributed by atoms with van der Waals surface area (Å²) in [5.74, 6) is 0.327. The number of hydrogen-bond acceptors (Lipinski definition) is 3. The summed E-state index contributed by atoms with van der Waals surface area (Å²) in [5.41, 5.74) is 0.922. The van der Waals surface area contributed by atoms with Gasteiger partial charge < -0.3 is 0 Å². The standard InChI is InChI=1S/C13H18N2O/c1-13(2)5-3-10(4-6-13)12(16)11-9-14-7-8-15-11/h7-10H,3-6H2,1-2H3. The van der Waals surface area contributed by atoms with Crippen LogP contribution in [-0.4, -0.2) is 15.8 Å². The normalized spacial score (nSPS) is 20.6. The van der Waals surface area contributed by atoms with E-state index in [0.717, 1.165) is 25.7 Å². The van der Waals surface area contributed by atoms with Gasteiger partial charge in [-0.2, -0.15) is 0 Å². The first kappa shape index (κ1) is 11.2. The van der Waals surface area contributed by atoms with Crippen molar-refractivity contribution in [3.05, 3.63) is 24.3 Å². The van der Waals surface area contributed by atoms with Crippen LogP contribution < -0.4 is 0 Å². The summed E-state index contributed by atoms with van der Waals surface area (Å²) in [5, 5.41) is 0. The van der Waals surface area contributed by atoms with Crippen LogP contribution in [0.4, 0.5) is 0 Å². The summed E-state index contributed by atoms with van der Waals surface area (Å²) in [6.07, 6.45) is 8.99. The van der Waals surface area contributed by atoms with E-state index in [1.165, 1.54) is 0 Å². The van der Waals surface area contributed by atoms with Crippen molar-refractivity contribution in [1.82, 2.24) is 9.97 Å². The Kier molecular flexibility index (Phi) is 3.03. The molecule has 3 nitrogen and oxygen atoms in total. The summed E-state index contributed by atoms with van der Waals surface area (Å²) in [6.45, 7) is 4.55. The van der Waals surface area contributed by atoms with Crippen LogP contribution in [0.5, 0.6) is 0 Å². The molecule has 3 heteroatoms. The molecule has 1 saturated carbocycles. The van der Waals surface area contributed by atoms with E-state index in [1.54, 1.807) is 18.6 Å². The van der Waals surface area contributed by atoms with E-state index in [0.29, 0.717) is 11.1 Å². The number of ketones is 1. The second kappa shape index (κ2) is 4.32. The van der Waals surface area contributed by atoms with Gasteiger partial charge in [0, 0.05) is 18.3 Å². The molecule has 0 aliphatic heterocycles. The minimum Gasteiger partial charge on any atom is -0.292 e. The van der Waals surface area contributed by atoms with Gasteiger partial charge in [-0.15, -0.1) is 0 Å². The molecule has 0 bridgehead atoms. The maximum Gasteiger partial charge on any atom is 0.185 e. The molecule has 1 fully saturated rings. The van der Waals surface area contributed by atoms with Crippen molar-refractivity contribution in [1.29, 1.82) is 0 Å². The zero-order valence-corrected chi connectivity index (χ0v) is 9.94. The summed E-state index contributed by atoms with van der Waals surface area (Å²) in [7, 11) is 0. The first-order chi connectivity index (χ1) is 7.58. The van der Waals surface area contributed by atoms with Gasteiger partial charge in [-0.25, -0.2) is 4.98 Å². The van der Waals surface area contributed by atoms with Crippen LogP contribution in [0.2, 0.25) is 0 Å². The molecule has 0 saturated heterocycles. The van der Waals surface area contributed by atoms with Crippen molar-refractivity contribution in [2.75, 3.05) is 0 Å². The fourth-order valence-corrected chi connectivity index (χ4v) is 2.30. The monoisotopic (exact) mass is 218 g/mol. The molecule has 0 radical (unpaired) electrons. The molecular formula is C13H18N2O. The number of Topliss-reactive ketones (excluding diaryl/α,β-unsaturated/α-hetero) is 1. The first-order valence-corrected chi connectivity index (χ1v) is 5.89. The van der Waals surface area contributed by atoms with Gasteiger partial charge in [0.2, 0.25) is 0 Å². The lowest BCUT2D eigenvalue weighted by molar-refractivity contribution is 0.0832. The Morgan fingerprint density at radius 3 is 2.56 bits per heavy atom. The highest BCUT2D eigenvalue weighted by Crippen LogP contribution is 2.38. The lowest BCUT2D eigenvalue weighted by Crippen LogP contribution is -2.26. The number of nitrogens with zero attached hydrogens (tertiary/aromatic N) is 2. The number of aromatic nitrogens is 2. The zero-order chi connectivity index (χ0) is 11.6. The Bertz CT molecular complexity index is 363. The minimum atomic E-state index is 0.157. The van der Waals surface area contributed by atoms with Crippen molar-refractivity contribution < 1.29 is 4.79 Å². The highest BCUT2D eigenvalue weighted by atomic mass is 16.1. The van der Waals surface area contributed by atoms with Crippen LogP contribution >= 0.6 is 0 Å². The van der Waals surface area contributed by atoms with Crippen LogP contribution in [0, 0.1) is 11.3 Å². The van der Waals surface area contributed by atoms with Gasteiger partial charge in [-0.3, -0.25) is 9.78 Å². The number of rotatable bonds is 2. The van der Waals surface area contributed by atoms with Gasteiger partial charge in [0.05, 0.1) is 6.20 Å². The van der Waals surface area contributed by atoms with Crippen molar-refractivity contribution in [2.24, 2.45) is 11.3 Å². The van der Waals surface area contributed by atoms with E-state index < -0.39 is 0 Å². The molecule has 1 aliphatic carbocycles. The summed E-state index contributed by atoms with van der Waals surface area (Å²) >= 11 is 0. The smallest absolute Gasteiger partial charge is 0.185 e. The predicted octanol–water partition coefficient (Wildman–Crippen LogP) is 2.88. The van der Waals surface area contributed by atoms with Gasteiger partial charge in [0.1, 0.15) is 5.69 Å². The molecule has 1 aliphatic rings. The van der Waals surface area contributed by atoms with Gasteiger partial charge in [-0.05, 0) is 31.1 Å². The maximum atomic E-state index is 12.1. The average Bonchev–Trinajstić information content (AvgIpc) is 2.29. The van der Waals surface area contributed by atoms with Crippen molar-refractivity contribution >= 4 is 5.78 Å². The average molecular weight is 218 g/mol. The molecule has 16 heavy (non-hydrogen) atoms. The molecule has 2 rings (SSSR count). The van der Waals surface area contributed by atoms with Gasteiger partial charge in [0.25, 0.3) is 0 Å². The van der Waals surface area contributed by atoms with E-state index in [9.17, 15) is 4.79 Å². The molecule has 1 aromatic rings. The van der Waals surface area contributed by atoms with Gasteiger partial charge in [0.15, 0.2) is 5.78 Å². The summed E-state index contributed by atoms with van der Waals surface area (Å²) in [6, 6.07) is 0. The third-order valence-electron chi connectivity index (χ3n) is 3.53. The van der Waals surface area contributed by atoms with E-state index in [-0.39, 0.29) is 11.7 Å². The van der Waals surface area contributed by atoms with E-state index >= 15 is 0 Å². The van der Waals surface area contributed by atoms with E-state index in [1.807, 2.05) is 0 Å². The van der Waals surface area contributed by atoms with Crippen molar-refractivity contribution in [3.63, 3.8) is 0 Å². The quantitative estimate of drug-likeness (QED) is 0.717. The Hall–Kier alpha value is -1.25. The first-order valence-electron chi connectivity index (χ1n) is 5.89. The molecule has 0 N–H and O–H groups in total. The van der Waals surface area contributed by atoms with Gasteiger partial charge in [-0.1, -0.05) is 13.8 Å². The molecule has 1 aromatic heterocycles. The maximum absolute atomic E-state index is 12.1. The Morgan fingerprint density at radius 1 is 1.31 bits per heavy atom. The van der Waals surface area contributed by atoms with Crippen LogP contribution in [-0.2, 0) is 0 Å². The molecule has 0 aromatic carbocycles. The lowest BCUT2D eigenvalue weighted by Gasteiger charge is -2.33. The number of carbonyl (C=O) groups is 1. The molecule has 0 spiro atoms. The Balaban J connectivity index is 2.03. The lowest BCUT2D eigenvalue weighted by atomic mass is 9.72. The second-order valence-electron chi connectivity index (χ2n) is 5.39. The molecule has 0 atom stereocenters. The Labute approximate surface area is 96.3 Å². The molecular weight excluding hydrogens is 200 g/mol. The molecule has 1 heterocycles. The SMILES string of the molecule is CC1(C)CCC(C(=O)c2cnccn2)CC1. The third-order valence-corrected chi connectivity index (χ3v) is 3.53. The third kappa shape index (κ3) is 2.46. The fraction of sp³-hybridized carbons (Fsp3) is 0.615. The van der Waals surface area contributed by atoms with E-state index in [2.05, 4.69) is 23.8 Å². The largest absolute Gasteiger partial charge is 0.292 e. The van der Waals surface area contributed by atoms with Crippen LogP contribution in [0.1, 0.15) is 50.0 Å². The summed E-state index contributed by atoms with van der Waals surface area (Å²) in [4.78, 5) is 20.1. The predicted molar refractivity (Wildman–Crippen MR) is 62.1 cm³/mol. The minimum absolute atomic E-state index is 0.157. The highest BCUT2D eigenvalue weighted by Gasteiger charge is 2.31. The fourth-order valence-electron chi connectivity index (χ4n) is 2.30. The molecule has 0 unspecified atom stereocenters. The van der Waals surface area contributed by atoms with Crippen molar-refractivity contribution in [2.45, 2.75) is 39.5 Å². The van der Waals surface area contributed by atoms with Crippen LogP contribution in [0.3, 0.4) is 0 Å². The number of hydrogen-bond donors (Lipinski definition) is 0. The summed E-state index contributed by atoms with van der Waals surface area (Å²) < 4.78 is 0. The molecule has 0 amide bonds.